The van der Waals surface area contributed by atoms with Gasteiger partial charge in [-0.1, -0.05) is 13.8 Å². The molecular formula is C12H23N5O2S. The minimum atomic E-state index is -3.58. The Labute approximate surface area is 120 Å². The van der Waals surface area contributed by atoms with Crippen molar-refractivity contribution in [2.75, 3.05) is 39.5 Å². The Morgan fingerprint density at radius 2 is 1.80 bits per heavy atom. The van der Waals surface area contributed by atoms with E-state index >= 15 is 0 Å². The lowest BCUT2D eigenvalue weighted by molar-refractivity contribution is 0.242. The Kier molecular flexibility index (Phi) is 5.43. The summed E-state index contributed by atoms with van der Waals surface area (Å²) in [6.07, 6.45) is 2.58. The average molecular weight is 301 g/mol. The van der Waals surface area contributed by atoms with Gasteiger partial charge in [0.2, 0.25) is 16.0 Å². The van der Waals surface area contributed by atoms with Gasteiger partial charge >= 0.3 is 0 Å². The Morgan fingerprint density at radius 3 is 2.25 bits per heavy atom. The minimum Gasteiger partial charge on any atom is -0.357 e. The van der Waals surface area contributed by atoms with Crippen LogP contribution in [0.3, 0.4) is 0 Å². The van der Waals surface area contributed by atoms with E-state index in [9.17, 15) is 8.42 Å². The van der Waals surface area contributed by atoms with Gasteiger partial charge in [-0.15, -0.1) is 0 Å². The molecule has 0 radical (unpaired) electrons. The van der Waals surface area contributed by atoms with E-state index in [-0.39, 0.29) is 10.3 Å². The summed E-state index contributed by atoms with van der Waals surface area (Å²) < 4.78 is 26.9. The lowest BCUT2D eigenvalue weighted by Crippen LogP contribution is -2.40. The van der Waals surface area contributed by atoms with Gasteiger partial charge in [-0.05, 0) is 19.5 Å². The fourth-order valence-electron chi connectivity index (χ4n) is 1.87. The van der Waals surface area contributed by atoms with Gasteiger partial charge < -0.3 is 10.2 Å². The summed E-state index contributed by atoms with van der Waals surface area (Å²) >= 11 is 0. The van der Waals surface area contributed by atoms with Crippen LogP contribution >= 0.6 is 0 Å². The van der Waals surface area contributed by atoms with E-state index in [1.165, 1.54) is 12.4 Å². The van der Waals surface area contributed by atoms with Crippen molar-refractivity contribution in [2.24, 2.45) is 5.41 Å². The van der Waals surface area contributed by atoms with E-state index in [0.717, 1.165) is 6.54 Å². The molecule has 1 heterocycles. The third-order valence-electron chi connectivity index (χ3n) is 2.65. The highest BCUT2D eigenvalue weighted by atomic mass is 32.2. The van der Waals surface area contributed by atoms with Gasteiger partial charge in [-0.3, -0.25) is 0 Å². The van der Waals surface area contributed by atoms with Gasteiger partial charge in [0.1, 0.15) is 4.90 Å². The van der Waals surface area contributed by atoms with Crippen molar-refractivity contribution in [2.45, 2.75) is 18.7 Å². The van der Waals surface area contributed by atoms with Crippen LogP contribution in [0.4, 0.5) is 5.95 Å². The highest BCUT2D eigenvalue weighted by Crippen LogP contribution is 2.16. The van der Waals surface area contributed by atoms with Crippen LogP contribution in [-0.2, 0) is 10.0 Å². The number of rotatable bonds is 7. The highest BCUT2D eigenvalue weighted by molar-refractivity contribution is 7.89. The van der Waals surface area contributed by atoms with Crippen LogP contribution in [0.2, 0.25) is 0 Å². The quantitative estimate of drug-likeness (QED) is 0.757. The third-order valence-corrected chi connectivity index (χ3v) is 4.00. The number of anilines is 1. The van der Waals surface area contributed by atoms with E-state index in [0.29, 0.717) is 12.5 Å². The molecular weight excluding hydrogens is 278 g/mol. The molecule has 0 aliphatic carbocycles. The summed E-state index contributed by atoms with van der Waals surface area (Å²) in [7, 11) is 2.01. The minimum absolute atomic E-state index is 0.0668. The molecule has 1 aromatic heterocycles. The standard InChI is InChI=1S/C12H23N5O2S/c1-12(2,9-17(4)5)8-16-20(18,19)10-6-14-11(13-3)15-7-10/h6-7,16H,8-9H2,1-5H3,(H,13,14,15). The molecule has 0 aromatic carbocycles. The second-order valence-corrected chi connectivity index (χ2v) is 7.49. The average Bonchev–Trinajstić information content (AvgIpc) is 2.35. The third kappa shape index (κ3) is 5.03. The normalized spacial score (nSPS) is 12.7. The molecule has 8 heteroatoms. The predicted molar refractivity (Wildman–Crippen MR) is 79.1 cm³/mol. The lowest BCUT2D eigenvalue weighted by atomic mass is 9.93. The monoisotopic (exact) mass is 301 g/mol. The van der Waals surface area contributed by atoms with Crippen molar-refractivity contribution in [1.29, 1.82) is 0 Å². The molecule has 0 aliphatic heterocycles. The number of sulfonamides is 1. The topological polar surface area (TPSA) is 87.2 Å². The fourth-order valence-corrected chi connectivity index (χ4v) is 3.00. The summed E-state index contributed by atoms with van der Waals surface area (Å²) in [6.45, 7) is 5.15. The van der Waals surface area contributed by atoms with Crippen LogP contribution in [0, 0.1) is 5.41 Å². The summed E-state index contributed by atoms with van der Waals surface area (Å²) in [4.78, 5) is 9.91. The summed E-state index contributed by atoms with van der Waals surface area (Å²) in [5.74, 6) is 0.386. The summed E-state index contributed by atoms with van der Waals surface area (Å²) in [5.41, 5.74) is -0.164. The van der Waals surface area contributed by atoms with Crippen LogP contribution in [0.1, 0.15) is 13.8 Å². The van der Waals surface area contributed by atoms with Crippen LogP contribution in [0.15, 0.2) is 17.3 Å². The first kappa shape index (κ1) is 16.8. The van der Waals surface area contributed by atoms with Crippen molar-refractivity contribution in [3.8, 4) is 0 Å². The SMILES string of the molecule is CNc1ncc(S(=O)(=O)NCC(C)(C)CN(C)C)cn1. The van der Waals surface area contributed by atoms with Crippen molar-refractivity contribution < 1.29 is 8.42 Å². The van der Waals surface area contributed by atoms with Gasteiger partial charge in [-0.25, -0.2) is 23.1 Å². The largest absolute Gasteiger partial charge is 0.357 e. The molecule has 1 aromatic rings. The lowest BCUT2D eigenvalue weighted by Gasteiger charge is -2.28. The molecule has 0 atom stereocenters. The van der Waals surface area contributed by atoms with Gasteiger partial charge in [-0.2, -0.15) is 0 Å². The number of nitrogens with one attached hydrogen (secondary N) is 2. The molecule has 0 aliphatic rings. The first-order valence-corrected chi connectivity index (χ1v) is 7.79. The smallest absolute Gasteiger partial charge is 0.243 e. The maximum Gasteiger partial charge on any atom is 0.243 e. The molecule has 0 amide bonds. The second-order valence-electron chi connectivity index (χ2n) is 5.72. The zero-order valence-corrected chi connectivity index (χ0v) is 13.5. The van der Waals surface area contributed by atoms with Gasteiger partial charge in [0.05, 0.1) is 12.4 Å². The van der Waals surface area contributed by atoms with Crippen LogP contribution < -0.4 is 10.0 Å². The molecule has 0 saturated heterocycles. The van der Waals surface area contributed by atoms with Crippen molar-refractivity contribution in [3.05, 3.63) is 12.4 Å². The number of hydrogen-bond donors (Lipinski definition) is 2. The zero-order valence-electron chi connectivity index (χ0n) is 12.6. The molecule has 7 nitrogen and oxygen atoms in total. The van der Waals surface area contributed by atoms with E-state index in [2.05, 4.69) is 20.0 Å². The van der Waals surface area contributed by atoms with Crippen LogP contribution in [0.25, 0.3) is 0 Å². The Hall–Kier alpha value is -1.25. The molecule has 2 N–H and O–H groups in total. The number of nitrogens with zero attached hydrogens (tertiary/aromatic N) is 3. The maximum atomic E-state index is 12.1. The fraction of sp³-hybridized carbons (Fsp3) is 0.667. The van der Waals surface area contributed by atoms with Crippen LogP contribution in [-0.4, -0.2) is 57.5 Å². The molecule has 0 saturated carbocycles. The van der Waals surface area contributed by atoms with Crippen molar-refractivity contribution >= 4 is 16.0 Å². The van der Waals surface area contributed by atoms with E-state index < -0.39 is 10.0 Å². The summed E-state index contributed by atoms with van der Waals surface area (Å²) in [6, 6.07) is 0. The number of aromatic nitrogens is 2. The van der Waals surface area contributed by atoms with Crippen LogP contribution in [0.5, 0.6) is 0 Å². The summed E-state index contributed by atoms with van der Waals surface area (Å²) in [5, 5.41) is 2.74. The van der Waals surface area contributed by atoms with Gasteiger partial charge in [0.15, 0.2) is 0 Å². The van der Waals surface area contributed by atoms with Crippen molar-refractivity contribution in [3.63, 3.8) is 0 Å². The molecule has 20 heavy (non-hydrogen) atoms. The van der Waals surface area contributed by atoms with Gasteiger partial charge in [0.25, 0.3) is 0 Å². The Morgan fingerprint density at radius 1 is 1.25 bits per heavy atom. The molecule has 0 unspecified atom stereocenters. The van der Waals surface area contributed by atoms with E-state index in [1.54, 1.807) is 7.05 Å². The predicted octanol–water partition coefficient (Wildman–Crippen LogP) is 0.384. The molecule has 114 valence electrons. The van der Waals surface area contributed by atoms with Gasteiger partial charge in [0, 0.05) is 20.1 Å². The molecule has 0 fully saturated rings. The Bertz CT molecular complexity index is 525. The van der Waals surface area contributed by atoms with E-state index in [1.807, 2.05) is 32.8 Å². The highest BCUT2D eigenvalue weighted by Gasteiger charge is 2.23. The van der Waals surface area contributed by atoms with E-state index in [4.69, 9.17) is 0 Å². The molecule has 0 bridgehead atoms. The zero-order chi connectivity index (χ0) is 15.4. The number of hydrogen-bond acceptors (Lipinski definition) is 6. The van der Waals surface area contributed by atoms with Crippen molar-refractivity contribution in [1.82, 2.24) is 19.6 Å². The molecule has 0 spiro atoms. The maximum absolute atomic E-state index is 12.1. The first-order chi connectivity index (χ1) is 9.16. The first-order valence-electron chi connectivity index (χ1n) is 6.30. The molecule has 1 rings (SSSR count). The second kappa shape index (κ2) is 6.47. The Balaban J connectivity index is 2.74.